The molecule has 9 aromatic rings. The molecule has 278 valence electrons. The molecule has 13 rings (SSSR count). The summed E-state index contributed by atoms with van der Waals surface area (Å²) in [6, 6.07) is 65.2. The lowest BCUT2D eigenvalue weighted by Gasteiger charge is -2.46. The van der Waals surface area contributed by atoms with E-state index in [2.05, 4.69) is 202 Å². The molecule has 4 aliphatic heterocycles. The summed E-state index contributed by atoms with van der Waals surface area (Å²) in [6.45, 7) is -0.218. The highest BCUT2D eigenvalue weighted by Crippen LogP contribution is 2.47. The van der Waals surface area contributed by atoms with Gasteiger partial charge >= 0.3 is 0 Å². The maximum atomic E-state index is 5.28. The molecule has 3 aromatic heterocycles. The van der Waals surface area contributed by atoms with Crippen LogP contribution < -0.4 is 52.4 Å². The van der Waals surface area contributed by atoms with Gasteiger partial charge in [-0.05, 0) is 112 Å². The van der Waals surface area contributed by atoms with E-state index < -0.39 is 0 Å². The Kier molecular flexibility index (Phi) is 7.06. The number of rotatable bonds is 4. The van der Waals surface area contributed by atoms with Gasteiger partial charge in [0.15, 0.2) is 0 Å². The Bertz CT molecular complexity index is 2940. The molecule has 60 heavy (non-hydrogen) atoms. The van der Waals surface area contributed by atoms with E-state index in [1.807, 2.05) is 18.6 Å². The van der Waals surface area contributed by atoms with Gasteiger partial charge in [0.25, 0.3) is 13.4 Å². The fourth-order valence-electron chi connectivity index (χ4n) is 10.2. The monoisotopic (exact) mass is 765 g/mol. The van der Waals surface area contributed by atoms with Crippen LogP contribution in [0.4, 0.5) is 68.6 Å². The van der Waals surface area contributed by atoms with Crippen LogP contribution in [-0.2, 0) is 0 Å². The molecule has 0 saturated carbocycles. The molecule has 4 aliphatic rings. The smallest absolute Gasteiger partial charge is 0.256 e. The van der Waals surface area contributed by atoms with Gasteiger partial charge in [-0.1, -0.05) is 103 Å². The van der Waals surface area contributed by atoms with Crippen molar-refractivity contribution in [1.29, 1.82) is 0 Å². The summed E-state index contributed by atoms with van der Waals surface area (Å²) >= 11 is 0. The minimum Gasteiger partial charge on any atom is -0.311 e. The van der Waals surface area contributed by atoms with Crippen LogP contribution in [0, 0.1) is 0 Å². The molecule has 0 spiro atoms. The summed E-state index contributed by atoms with van der Waals surface area (Å²) in [4.78, 5) is 25.0. The standard InChI is InChI=1S/C51H33B2N7/c1-5-16-34(17-6-1)57-42-26-14-13-24-38(42)52-41-32-40-45(33-46(41)59(36-20-9-3-10-21-36)50-47(52)43(57)27-30-55-50)58(35-18-7-2-8-19-35)44-28-31-56-51-48(44)53(40)39-25-15-29-54-49(39)60(51)37-22-11-4-12-23-37/h1-33H. The minimum atomic E-state index is -0.132. The van der Waals surface area contributed by atoms with Crippen LogP contribution in [-0.4, -0.2) is 28.4 Å². The number of hydrogen-bond acceptors (Lipinski definition) is 7. The fraction of sp³-hybridized carbons (Fsp3) is 0. The van der Waals surface area contributed by atoms with Gasteiger partial charge in [-0.2, -0.15) is 0 Å². The molecule has 7 heterocycles. The summed E-state index contributed by atoms with van der Waals surface area (Å²) in [6.07, 6.45) is 5.82. The lowest BCUT2D eigenvalue weighted by Crippen LogP contribution is -2.65. The topological polar surface area (TPSA) is 51.6 Å². The van der Waals surface area contributed by atoms with Crippen molar-refractivity contribution in [1.82, 2.24) is 15.0 Å². The van der Waals surface area contributed by atoms with Crippen molar-refractivity contribution in [3.05, 3.63) is 201 Å². The van der Waals surface area contributed by atoms with Gasteiger partial charge in [0.2, 0.25) is 0 Å². The molecule has 0 bridgehead atoms. The number of anilines is 12. The molecule has 6 aromatic carbocycles. The van der Waals surface area contributed by atoms with Crippen molar-refractivity contribution in [2.45, 2.75) is 0 Å². The first kappa shape index (κ1) is 33.1. The van der Waals surface area contributed by atoms with E-state index >= 15 is 0 Å². The van der Waals surface area contributed by atoms with E-state index in [0.717, 1.165) is 73.9 Å². The van der Waals surface area contributed by atoms with Crippen molar-refractivity contribution < 1.29 is 0 Å². The summed E-state index contributed by atoms with van der Waals surface area (Å²) in [7, 11) is 0. The van der Waals surface area contributed by atoms with Crippen LogP contribution in [0.3, 0.4) is 0 Å². The SMILES string of the molecule is c1ccc(N2c3ccccc3B3c4cc5c(cc4N(c4ccccc4)c4nccc2c43)N(c2ccccc2)c2ccnc3c2B5c2cccnc2N3c2ccccc2)cc1. The third kappa shape index (κ3) is 4.60. The first-order valence-corrected chi connectivity index (χ1v) is 20.4. The quantitative estimate of drug-likeness (QED) is 0.168. The van der Waals surface area contributed by atoms with E-state index in [1.54, 1.807) is 0 Å². The van der Waals surface area contributed by atoms with Crippen molar-refractivity contribution in [2.24, 2.45) is 0 Å². The molecule has 7 nitrogen and oxygen atoms in total. The van der Waals surface area contributed by atoms with Crippen LogP contribution >= 0.6 is 0 Å². The lowest BCUT2D eigenvalue weighted by atomic mass is 9.30. The zero-order chi connectivity index (χ0) is 39.3. The zero-order valence-electron chi connectivity index (χ0n) is 32.3. The third-order valence-corrected chi connectivity index (χ3v) is 12.5. The Morgan fingerprint density at radius 3 is 1.32 bits per heavy atom. The predicted molar refractivity (Wildman–Crippen MR) is 248 cm³/mol. The molecule has 0 N–H and O–H groups in total. The van der Waals surface area contributed by atoms with Gasteiger partial charge in [-0.3, -0.25) is 9.80 Å². The highest BCUT2D eigenvalue weighted by atomic mass is 15.3. The Morgan fingerprint density at radius 2 is 0.717 bits per heavy atom. The number of para-hydroxylation sites is 5. The molecule has 0 atom stereocenters. The minimum absolute atomic E-state index is 0.0853. The van der Waals surface area contributed by atoms with Crippen LogP contribution in [0.25, 0.3) is 0 Å². The Balaban J connectivity index is 1.14. The number of hydrogen-bond donors (Lipinski definition) is 0. The highest BCUT2D eigenvalue weighted by Gasteiger charge is 2.49. The predicted octanol–water partition coefficient (Wildman–Crippen LogP) is 8.04. The summed E-state index contributed by atoms with van der Waals surface area (Å²) in [5.41, 5.74) is 17.1. The molecule has 0 saturated heterocycles. The van der Waals surface area contributed by atoms with E-state index in [1.165, 1.54) is 27.5 Å². The second-order valence-electron chi connectivity index (χ2n) is 15.6. The van der Waals surface area contributed by atoms with E-state index in [-0.39, 0.29) is 13.4 Å². The number of nitrogens with zero attached hydrogens (tertiary/aromatic N) is 7. The van der Waals surface area contributed by atoms with Crippen molar-refractivity contribution >= 4 is 115 Å². The van der Waals surface area contributed by atoms with Gasteiger partial charge < -0.3 is 9.80 Å². The van der Waals surface area contributed by atoms with Crippen molar-refractivity contribution in [3.8, 4) is 0 Å². The second kappa shape index (κ2) is 12.8. The van der Waals surface area contributed by atoms with Crippen LogP contribution in [0.5, 0.6) is 0 Å². The molecule has 0 fully saturated rings. The van der Waals surface area contributed by atoms with Crippen molar-refractivity contribution in [3.63, 3.8) is 0 Å². The Hall–Kier alpha value is -7.90. The molecule has 0 aliphatic carbocycles. The maximum Gasteiger partial charge on any atom is 0.256 e. The summed E-state index contributed by atoms with van der Waals surface area (Å²) in [5.74, 6) is 2.72. The number of pyridine rings is 3. The van der Waals surface area contributed by atoms with E-state index in [0.29, 0.717) is 0 Å². The number of aromatic nitrogens is 3. The first-order chi connectivity index (χ1) is 29.8. The van der Waals surface area contributed by atoms with Crippen LogP contribution in [0.15, 0.2) is 201 Å². The van der Waals surface area contributed by atoms with Gasteiger partial charge in [-0.15, -0.1) is 0 Å². The molecule has 9 heteroatoms. The first-order valence-electron chi connectivity index (χ1n) is 20.4. The highest BCUT2D eigenvalue weighted by molar-refractivity contribution is 7.03. The average molecular weight is 765 g/mol. The zero-order valence-corrected chi connectivity index (χ0v) is 32.3. The van der Waals surface area contributed by atoms with Crippen molar-refractivity contribution in [2.75, 3.05) is 19.6 Å². The lowest BCUT2D eigenvalue weighted by molar-refractivity contribution is 1.12. The fourth-order valence-corrected chi connectivity index (χ4v) is 10.2. The second-order valence-corrected chi connectivity index (χ2v) is 15.6. The summed E-state index contributed by atoms with van der Waals surface area (Å²) < 4.78 is 0. The third-order valence-electron chi connectivity index (χ3n) is 12.5. The van der Waals surface area contributed by atoms with Gasteiger partial charge in [0.1, 0.15) is 17.5 Å². The molecule has 0 amide bonds. The van der Waals surface area contributed by atoms with Crippen LogP contribution in [0.1, 0.15) is 0 Å². The normalized spacial score (nSPS) is 13.8. The maximum absolute atomic E-state index is 5.28. The Labute approximate surface area is 348 Å². The van der Waals surface area contributed by atoms with E-state index in [4.69, 9.17) is 15.0 Å². The van der Waals surface area contributed by atoms with Gasteiger partial charge in [-0.25, -0.2) is 15.0 Å². The molecule has 0 radical (unpaired) electrons. The van der Waals surface area contributed by atoms with Gasteiger partial charge in [0.05, 0.1) is 0 Å². The van der Waals surface area contributed by atoms with E-state index in [9.17, 15) is 0 Å². The molecular weight excluding hydrogens is 732 g/mol. The molecular formula is C51H33B2N7. The largest absolute Gasteiger partial charge is 0.311 e. The van der Waals surface area contributed by atoms with Crippen LogP contribution in [0.2, 0.25) is 0 Å². The average Bonchev–Trinajstić information content (AvgIpc) is 3.32. The number of fused-ring (bicyclic) bond motifs is 8. The molecule has 0 unspecified atom stereocenters. The summed E-state index contributed by atoms with van der Waals surface area (Å²) in [5, 5.41) is 0. The Morgan fingerprint density at radius 1 is 0.283 bits per heavy atom. The number of benzene rings is 6. The van der Waals surface area contributed by atoms with Gasteiger partial charge in [0, 0.05) is 69.8 Å².